The first kappa shape index (κ1) is 16.0. The largest absolute Gasteiger partial charge is 0.344 e. The molecule has 0 radical (unpaired) electrons. The van der Waals surface area contributed by atoms with E-state index in [4.69, 9.17) is 0 Å². The topological polar surface area (TPSA) is 70.6 Å². The minimum atomic E-state index is -0.242. The fourth-order valence-corrected chi connectivity index (χ4v) is 4.33. The van der Waals surface area contributed by atoms with E-state index in [1.165, 1.54) is 4.90 Å². The minimum absolute atomic E-state index is 0.150. The molecule has 0 unspecified atom stereocenters. The second kappa shape index (κ2) is 6.10. The van der Waals surface area contributed by atoms with Crippen LogP contribution < -0.4 is 0 Å². The Morgan fingerprint density at radius 2 is 1.88 bits per heavy atom. The van der Waals surface area contributed by atoms with Crippen molar-refractivity contribution in [1.29, 1.82) is 0 Å². The summed E-state index contributed by atoms with van der Waals surface area (Å²) in [6.45, 7) is 0.356. The third-order valence-electron chi connectivity index (χ3n) is 5.71. The van der Waals surface area contributed by atoms with Crippen LogP contribution in [0.5, 0.6) is 0 Å². The highest BCUT2D eigenvalue weighted by atomic mass is 16.2. The SMILES string of the molecule is CN(CCc1ccccn1)C(=O)CN1C(=O)[C@@H]2[C@@H](C1=O)[C@H]1C=C[C@H]2C1. The van der Waals surface area contributed by atoms with Gasteiger partial charge >= 0.3 is 0 Å². The van der Waals surface area contributed by atoms with E-state index in [1.54, 1.807) is 18.1 Å². The van der Waals surface area contributed by atoms with Gasteiger partial charge in [-0.15, -0.1) is 0 Å². The standard InChI is InChI=1S/C19H21N3O3/c1-21(9-7-14-4-2-3-8-20-14)15(23)11-22-18(24)16-12-5-6-13(10-12)17(16)19(22)25/h2-6,8,12-13,16-17H,7,9-11H2,1H3/t12-,13-,16-,17-/m0/s1. The van der Waals surface area contributed by atoms with Crippen molar-refractivity contribution in [2.24, 2.45) is 23.7 Å². The van der Waals surface area contributed by atoms with Crippen molar-refractivity contribution in [3.63, 3.8) is 0 Å². The molecule has 1 aromatic heterocycles. The molecule has 3 aliphatic rings. The third-order valence-corrected chi connectivity index (χ3v) is 5.71. The third kappa shape index (κ3) is 2.65. The maximum atomic E-state index is 12.6. The molecule has 6 nitrogen and oxygen atoms in total. The predicted molar refractivity (Wildman–Crippen MR) is 90.0 cm³/mol. The molecular formula is C19H21N3O3. The van der Waals surface area contributed by atoms with E-state index in [0.29, 0.717) is 13.0 Å². The molecule has 6 heteroatoms. The molecule has 2 bridgehead atoms. The van der Waals surface area contributed by atoms with Crippen molar-refractivity contribution in [3.8, 4) is 0 Å². The number of imide groups is 1. The van der Waals surface area contributed by atoms with Gasteiger partial charge in [-0.25, -0.2) is 0 Å². The summed E-state index contributed by atoms with van der Waals surface area (Å²) in [5, 5.41) is 0. The van der Waals surface area contributed by atoms with Crippen molar-refractivity contribution in [2.45, 2.75) is 12.8 Å². The molecule has 1 aliphatic heterocycles. The van der Waals surface area contributed by atoms with E-state index in [-0.39, 0.29) is 47.9 Å². The van der Waals surface area contributed by atoms with Crippen LogP contribution in [0, 0.1) is 23.7 Å². The van der Waals surface area contributed by atoms with Crippen LogP contribution in [-0.4, -0.2) is 52.6 Å². The minimum Gasteiger partial charge on any atom is -0.344 e. The van der Waals surface area contributed by atoms with E-state index in [9.17, 15) is 14.4 Å². The smallest absolute Gasteiger partial charge is 0.242 e. The quantitative estimate of drug-likeness (QED) is 0.590. The summed E-state index contributed by atoms with van der Waals surface area (Å²) in [6.07, 6.45) is 7.38. The van der Waals surface area contributed by atoms with Crippen LogP contribution in [0.2, 0.25) is 0 Å². The summed E-state index contributed by atoms with van der Waals surface area (Å²) in [5.41, 5.74) is 0.910. The van der Waals surface area contributed by atoms with Gasteiger partial charge in [0.2, 0.25) is 17.7 Å². The highest BCUT2D eigenvalue weighted by Gasteiger charge is 2.59. The summed E-state index contributed by atoms with van der Waals surface area (Å²) in [4.78, 5) is 44.7. The van der Waals surface area contributed by atoms with Gasteiger partial charge in [0.15, 0.2) is 0 Å². The molecular weight excluding hydrogens is 318 g/mol. The summed E-state index contributed by atoms with van der Waals surface area (Å²) in [7, 11) is 1.70. The van der Waals surface area contributed by atoms with E-state index in [2.05, 4.69) is 17.1 Å². The van der Waals surface area contributed by atoms with Crippen LogP contribution in [0.3, 0.4) is 0 Å². The highest BCUT2D eigenvalue weighted by Crippen LogP contribution is 2.52. The average Bonchev–Trinajstić information content (AvgIpc) is 3.30. The zero-order valence-corrected chi connectivity index (χ0v) is 14.2. The van der Waals surface area contributed by atoms with Crippen molar-refractivity contribution in [3.05, 3.63) is 42.2 Å². The number of hydrogen-bond donors (Lipinski definition) is 0. The Labute approximate surface area is 146 Å². The Morgan fingerprint density at radius 1 is 1.20 bits per heavy atom. The molecule has 1 saturated heterocycles. The van der Waals surface area contributed by atoms with Gasteiger partial charge in [0.05, 0.1) is 11.8 Å². The fraction of sp³-hybridized carbons (Fsp3) is 0.474. The van der Waals surface area contributed by atoms with Crippen molar-refractivity contribution in [2.75, 3.05) is 20.1 Å². The molecule has 0 spiro atoms. The number of nitrogens with zero attached hydrogens (tertiary/aromatic N) is 3. The molecule has 25 heavy (non-hydrogen) atoms. The van der Waals surface area contributed by atoms with Gasteiger partial charge in [-0.3, -0.25) is 24.3 Å². The van der Waals surface area contributed by atoms with Gasteiger partial charge in [-0.2, -0.15) is 0 Å². The summed E-state index contributed by atoms with van der Waals surface area (Å²) in [5.74, 6) is -0.681. The van der Waals surface area contributed by atoms with E-state index in [0.717, 1.165) is 12.1 Å². The first-order valence-corrected chi connectivity index (χ1v) is 8.73. The van der Waals surface area contributed by atoms with E-state index < -0.39 is 0 Å². The molecule has 1 saturated carbocycles. The van der Waals surface area contributed by atoms with E-state index >= 15 is 0 Å². The lowest BCUT2D eigenvalue weighted by Gasteiger charge is -2.21. The number of hydrogen-bond acceptors (Lipinski definition) is 4. The lowest BCUT2D eigenvalue weighted by Crippen LogP contribution is -2.43. The Balaban J connectivity index is 1.36. The first-order valence-electron chi connectivity index (χ1n) is 8.73. The zero-order valence-electron chi connectivity index (χ0n) is 14.2. The van der Waals surface area contributed by atoms with Crippen LogP contribution in [-0.2, 0) is 20.8 Å². The number of amides is 3. The Kier molecular flexibility index (Phi) is 3.90. The molecule has 4 rings (SSSR count). The van der Waals surface area contributed by atoms with Gasteiger partial charge in [0.1, 0.15) is 6.54 Å². The Morgan fingerprint density at radius 3 is 2.48 bits per heavy atom. The number of allylic oxidation sites excluding steroid dienone is 2. The number of fused-ring (bicyclic) bond motifs is 5. The van der Waals surface area contributed by atoms with Gasteiger partial charge in [-0.05, 0) is 30.4 Å². The number of aromatic nitrogens is 1. The zero-order chi connectivity index (χ0) is 17.6. The summed E-state index contributed by atoms with van der Waals surface area (Å²) in [6, 6.07) is 5.67. The Bertz CT molecular complexity index is 716. The van der Waals surface area contributed by atoms with Crippen LogP contribution in [0.1, 0.15) is 12.1 Å². The molecule has 0 aromatic carbocycles. The van der Waals surface area contributed by atoms with Gasteiger partial charge in [-0.1, -0.05) is 18.2 Å². The van der Waals surface area contributed by atoms with Gasteiger partial charge in [0, 0.05) is 31.9 Å². The number of likely N-dealkylation sites (N-methyl/N-ethyl adjacent to an activating group) is 1. The monoisotopic (exact) mass is 339 g/mol. The molecule has 0 N–H and O–H groups in total. The number of carbonyl (C=O) groups excluding carboxylic acids is 3. The summed E-state index contributed by atoms with van der Waals surface area (Å²) >= 11 is 0. The number of carbonyl (C=O) groups is 3. The maximum Gasteiger partial charge on any atom is 0.242 e. The Hall–Kier alpha value is -2.50. The molecule has 3 amide bonds. The number of pyridine rings is 1. The van der Waals surface area contributed by atoms with Crippen LogP contribution in [0.15, 0.2) is 36.5 Å². The second-order valence-electron chi connectivity index (χ2n) is 7.15. The highest BCUT2D eigenvalue weighted by molar-refractivity contribution is 6.08. The van der Waals surface area contributed by atoms with Crippen molar-refractivity contribution < 1.29 is 14.4 Å². The maximum absolute atomic E-state index is 12.6. The van der Waals surface area contributed by atoms with Crippen molar-refractivity contribution in [1.82, 2.24) is 14.8 Å². The molecule has 130 valence electrons. The van der Waals surface area contributed by atoms with Crippen LogP contribution in [0.4, 0.5) is 0 Å². The normalized spacial score (nSPS) is 29.4. The molecule has 2 fully saturated rings. The first-order chi connectivity index (χ1) is 12.1. The van der Waals surface area contributed by atoms with Gasteiger partial charge < -0.3 is 4.90 Å². The fourth-order valence-electron chi connectivity index (χ4n) is 4.33. The van der Waals surface area contributed by atoms with E-state index in [1.807, 2.05) is 18.2 Å². The van der Waals surface area contributed by atoms with Gasteiger partial charge in [0.25, 0.3) is 0 Å². The predicted octanol–water partition coefficient (Wildman–Crippen LogP) is 0.890. The lowest BCUT2D eigenvalue weighted by atomic mass is 9.85. The second-order valence-corrected chi connectivity index (χ2v) is 7.15. The lowest BCUT2D eigenvalue weighted by molar-refractivity contribution is -0.146. The van der Waals surface area contributed by atoms with Crippen molar-refractivity contribution >= 4 is 17.7 Å². The van der Waals surface area contributed by atoms with Crippen LogP contribution >= 0.6 is 0 Å². The molecule has 4 atom stereocenters. The average molecular weight is 339 g/mol. The number of rotatable bonds is 5. The molecule has 2 heterocycles. The van der Waals surface area contributed by atoms with Crippen LogP contribution in [0.25, 0.3) is 0 Å². The molecule has 2 aliphatic carbocycles. The number of likely N-dealkylation sites (tertiary alicyclic amines) is 1. The molecule has 1 aromatic rings. The summed E-state index contributed by atoms with van der Waals surface area (Å²) < 4.78 is 0.